The SMILES string of the molecule is Cc1oncc1/C(O)=C(\C#N)C(=O)Nc1ccc(Sc2ccc(C#N)cc2)cc1. The lowest BCUT2D eigenvalue weighted by Crippen LogP contribution is -2.15. The van der Waals surface area contributed by atoms with Crippen molar-refractivity contribution < 1.29 is 14.4 Å². The Kier molecular flexibility index (Phi) is 5.98. The van der Waals surface area contributed by atoms with Gasteiger partial charge in [-0.2, -0.15) is 10.5 Å². The lowest BCUT2D eigenvalue weighted by atomic mass is 10.1. The number of carbonyl (C=O) groups excluding carboxylic acids is 1. The summed E-state index contributed by atoms with van der Waals surface area (Å²) < 4.78 is 4.85. The molecule has 0 saturated carbocycles. The van der Waals surface area contributed by atoms with Crippen molar-refractivity contribution in [1.29, 1.82) is 10.5 Å². The molecule has 1 amide bonds. The molecule has 0 atom stereocenters. The van der Waals surface area contributed by atoms with Crippen LogP contribution in [-0.2, 0) is 4.79 Å². The Hall–Kier alpha value is -4.01. The van der Waals surface area contributed by atoms with Gasteiger partial charge >= 0.3 is 0 Å². The molecule has 142 valence electrons. The van der Waals surface area contributed by atoms with Gasteiger partial charge in [-0.25, -0.2) is 0 Å². The van der Waals surface area contributed by atoms with Crippen molar-refractivity contribution >= 4 is 29.1 Å². The van der Waals surface area contributed by atoms with E-state index in [1.807, 2.05) is 24.3 Å². The normalized spacial score (nSPS) is 11.1. The second-order valence-corrected chi connectivity index (χ2v) is 6.99. The van der Waals surface area contributed by atoms with E-state index in [4.69, 9.17) is 9.78 Å². The zero-order chi connectivity index (χ0) is 20.8. The number of amides is 1. The molecule has 7 nitrogen and oxygen atoms in total. The van der Waals surface area contributed by atoms with Crippen molar-refractivity contribution in [3.63, 3.8) is 0 Å². The van der Waals surface area contributed by atoms with E-state index in [0.717, 1.165) is 9.79 Å². The topological polar surface area (TPSA) is 123 Å². The fraction of sp³-hybridized carbons (Fsp3) is 0.0476. The number of anilines is 1. The molecule has 2 N–H and O–H groups in total. The maximum Gasteiger partial charge on any atom is 0.270 e. The summed E-state index contributed by atoms with van der Waals surface area (Å²) in [5.41, 5.74) is 0.818. The standard InChI is InChI=1S/C21H14N4O3S/c1-13-19(12-24-28-13)20(26)18(11-23)21(27)25-15-4-8-17(9-5-15)29-16-6-2-14(10-22)3-7-16/h2-9,12,26H,1H3,(H,25,27)/b20-18-. The largest absolute Gasteiger partial charge is 0.506 e. The molecule has 8 heteroatoms. The second-order valence-electron chi connectivity index (χ2n) is 5.85. The molecule has 0 unspecified atom stereocenters. The van der Waals surface area contributed by atoms with Crippen LogP contribution in [0, 0.1) is 29.6 Å². The van der Waals surface area contributed by atoms with Crippen LogP contribution in [0.3, 0.4) is 0 Å². The van der Waals surface area contributed by atoms with Crippen LogP contribution in [0.5, 0.6) is 0 Å². The quantitative estimate of drug-likeness (QED) is 0.367. The van der Waals surface area contributed by atoms with Gasteiger partial charge in [-0.3, -0.25) is 4.79 Å². The Balaban J connectivity index is 1.71. The van der Waals surface area contributed by atoms with E-state index in [-0.39, 0.29) is 5.56 Å². The average molecular weight is 402 g/mol. The number of rotatable bonds is 5. The van der Waals surface area contributed by atoms with Gasteiger partial charge in [0, 0.05) is 15.5 Å². The summed E-state index contributed by atoms with van der Waals surface area (Å²) in [6, 6.07) is 18.0. The van der Waals surface area contributed by atoms with Crippen LogP contribution in [0.2, 0.25) is 0 Å². The highest BCUT2D eigenvalue weighted by atomic mass is 32.2. The number of carbonyl (C=O) groups is 1. The maximum absolute atomic E-state index is 12.4. The van der Waals surface area contributed by atoms with Crippen LogP contribution in [0.25, 0.3) is 5.76 Å². The number of nitrogens with one attached hydrogen (secondary N) is 1. The lowest BCUT2D eigenvalue weighted by Gasteiger charge is -2.07. The van der Waals surface area contributed by atoms with E-state index in [9.17, 15) is 15.2 Å². The average Bonchev–Trinajstić information content (AvgIpc) is 3.16. The summed E-state index contributed by atoms with van der Waals surface area (Å²) in [6.07, 6.45) is 1.24. The molecule has 0 fully saturated rings. The molecule has 1 heterocycles. The van der Waals surface area contributed by atoms with Crippen LogP contribution in [-0.4, -0.2) is 16.2 Å². The van der Waals surface area contributed by atoms with Crippen LogP contribution < -0.4 is 5.32 Å². The minimum atomic E-state index is -0.738. The molecule has 0 aliphatic heterocycles. The fourth-order valence-electron chi connectivity index (χ4n) is 2.41. The summed E-state index contributed by atoms with van der Waals surface area (Å²) in [5.74, 6) is -0.929. The van der Waals surface area contributed by atoms with Crippen molar-refractivity contribution in [2.75, 3.05) is 5.32 Å². The van der Waals surface area contributed by atoms with Gasteiger partial charge in [-0.15, -0.1) is 0 Å². The zero-order valence-electron chi connectivity index (χ0n) is 15.2. The Morgan fingerprint density at radius 3 is 2.24 bits per heavy atom. The van der Waals surface area contributed by atoms with E-state index in [2.05, 4.69) is 16.5 Å². The van der Waals surface area contributed by atoms with Crippen molar-refractivity contribution in [3.05, 3.63) is 77.2 Å². The number of aromatic nitrogens is 1. The van der Waals surface area contributed by atoms with Gasteiger partial charge in [0.05, 0.1) is 23.4 Å². The first-order valence-electron chi connectivity index (χ1n) is 8.36. The Bertz CT molecular complexity index is 1150. The van der Waals surface area contributed by atoms with Crippen molar-refractivity contribution in [2.45, 2.75) is 16.7 Å². The van der Waals surface area contributed by atoms with E-state index in [1.165, 1.54) is 18.0 Å². The van der Waals surface area contributed by atoms with Crippen LogP contribution in [0.1, 0.15) is 16.9 Å². The first kappa shape index (κ1) is 19.7. The second kappa shape index (κ2) is 8.79. The predicted octanol–water partition coefficient (Wildman–Crippen LogP) is 4.44. The molecule has 0 bridgehead atoms. The number of benzene rings is 2. The first-order valence-corrected chi connectivity index (χ1v) is 9.18. The summed E-state index contributed by atoms with van der Waals surface area (Å²) in [5, 5.41) is 34.4. The summed E-state index contributed by atoms with van der Waals surface area (Å²) >= 11 is 1.51. The number of aliphatic hydroxyl groups is 1. The third kappa shape index (κ3) is 4.64. The van der Waals surface area contributed by atoms with Gasteiger partial charge in [-0.1, -0.05) is 16.9 Å². The van der Waals surface area contributed by atoms with Gasteiger partial charge < -0.3 is 14.9 Å². The Labute approximate surface area is 170 Å². The Morgan fingerprint density at radius 2 is 1.72 bits per heavy atom. The lowest BCUT2D eigenvalue weighted by molar-refractivity contribution is -0.112. The highest BCUT2D eigenvalue weighted by Gasteiger charge is 2.20. The Morgan fingerprint density at radius 1 is 1.10 bits per heavy atom. The van der Waals surface area contributed by atoms with Gasteiger partial charge in [0.25, 0.3) is 5.91 Å². The van der Waals surface area contributed by atoms with Crippen LogP contribution in [0.4, 0.5) is 5.69 Å². The molecular weight excluding hydrogens is 388 g/mol. The minimum absolute atomic E-state index is 0.186. The van der Waals surface area contributed by atoms with Crippen molar-refractivity contribution in [3.8, 4) is 12.1 Å². The van der Waals surface area contributed by atoms with Crippen molar-refractivity contribution in [1.82, 2.24) is 5.16 Å². The van der Waals surface area contributed by atoms with Gasteiger partial charge in [0.2, 0.25) is 0 Å². The van der Waals surface area contributed by atoms with Gasteiger partial charge in [0.1, 0.15) is 11.8 Å². The highest BCUT2D eigenvalue weighted by molar-refractivity contribution is 7.99. The van der Waals surface area contributed by atoms with E-state index in [1.54, 1.807) is 37.3 Å². The summed E-state index contributed by atoms with van der Waals surface area (Å²) in [6.45, 7) is 1.57. The van der Waals surface area contributed by atoms with Gasteiger partial charge in [-0.05, 0) is 55.5 Å². The fourth-order valence-corrected chi connectivity index (χ4v) is 3.22. The van der Waals surface area contributed by atoms with E-state index >= 15 is 0 Å². The highest BCUT2D eigenvalue weighted by Crippen LogP contribution is 2.29. The van der Waals surface area contributed by atoms with Crippen LogP contribution in [0.15, 0.2) is 74.6 Å². The van der Waals surface area contributed by atoms with Gasteiger partial charge in [0.15, 0.2) is 11.3 Å². The minimum Gasteiger partial charge on any atom is -0.506 e. The number of nitriles is 2. The molecule has 3 aromatic rings. The van der Waals surface area contributed by atoms with E-state index in [0.29, 0.717) is 17.0 Å². The molecule has 0 radical (unpaired) electrons. The predicted molar refractivity (Wildman–Crippen MR) is 107 cm³/mol. The zero-order valence-corrected chi connectivity index (χ0v) is 16.0. The third-order valence-corrected chi connectivity index (χ3v) is 4.93. The number of hydrogen-bond acceptors (Lipinski definition) is 7. The first-order chi connectivity index (χ1) is 14.0. The molecule has 1 aromatic heterocycles. The monoisotopic (exact) mass is 402 g/mol. The third-order valence-electron chi connectivity index (χ3n) is 3.91. The molecular formula is C21H14N4O3S. The van der Waals surface area contributed by atoms with Crippen LogP contribution >= 0.6 is 11.8 Å². The number of aliphatic hydroxyl groups excluding tert-OH is 1. The number of hydrogen-bond donors (Lipinski definition) is 2. The number of aryl methyl sites for hydroxylation is 1. The van der Waals surface area contributed by atoms with E-state index < -0.39 is 17.2 Å². The molecule has 29 heavy (non-hydrogen) atoms. The van der Waals surface area contributed by atoms with Crippen molar-refractivity contribution in [2.24, 2.45) is 0 Å². The molecule has 2 aromatic carbocycles. The molecule has 0 saturated heterocycles. The smallest absolute Gasteiger partial charge is 0.270 e. The molecule has 0 spiro atoms. The molecule has 3 rings (SSSR count). The summed E-state index contributed by atoms with van der Waals surface area (Å²) in [7, 11) is 0. The molecule has 0 aliphatic rings. The number of nitrogens with zero attached hydrogens (tertiary/aromatic N) is 3. The molecule has 0 aliphatic carbocycles. The maximum atomic E-state index is 12.4. The summed E-state index contributed by atoms with van der Waals surface area (Å²) in [4.78, 5) is 14.3.